The van der Waals surface area contributed by atoms with Gasteiger partial charge in [0.2, 0.25) is 5.89 Å². The van der Waals surface area contributed by atoms with E-state index in [1.54, 1.807) is 6.20 Å². The van der Waals surface area contributed by atoms with Gasteiger partial charge in [0.1, 0.15) is 5.76 Å². The third kappa shape index (κ3) is 3.64. The van der Waals surface area contributed by atoms with Crippen molar-refractivity contribution in [3.8, 4) is 0 Å². The van der Waals surface area contributed by atoms with Gasteiger partial charge in [-0.25, -0.2) is 4.98 Å². The van der Waals surface area contributed by atoms with Crippen LogP contribution in [0.5, 0.6) is 0 Å². The lowest BCUT2D eigenvalue weighted by Crippen LogP contribution is -2.15. The van der Waals surface area contributed by atoms with E-state index in [9.17, 15) is 0 Å². The topological polar surface area (TPSA) is 47.3 Å². The Hall–Kier alpha value is -0.870. The highest BCUT2D eigenvalue weighted by atomic mass is 16.5. The van der Waals surface area contributed by atoms with Crippen LogP contribution in [-0.2, 0) is 17.7 Å². The van der Waals surface area contributed by atoms with Crippen LogP contribution in [0.2, 0.25) is 0 Å². The van der Waals surface area contributed by atoms with E-state index in [1.165, 1.54) is 12.8 Å². The first-order valence-corrected chi connectivity index (χ1v) is 5.63. The zero-order valence-electron chi connectivity index (χ0n) is 9.16. The standard InChI is InChI=1S/C11H18N2O2/c1-2-14-6-5-10-7-13-11(15-10)8-12-9-3-4-9/h7,9,12H,2-6,8H2,1H3. The lowest BCUT2D eigenvalue weighted by Gasteiger charge is -1.98. The monoisotopic (exact) mass is 210 g/mol. The molecule has 4 heteroatoms. The lowest BCUT2D eigenvalue weighted by atomic mass is 10.4. The molecule has 0 bridgehead atoms. The van der Waals surface area contributed by atoms with Crippen LogP contribution in [0.25, 0.3) is 0 Å². The fourth-order valence-electron chi connectivity index (χ4n) is 1.38. The molecule has 0 aliphatic heterocycles. The van der Waals surface area contributed by atoms with Crippen molar-refractivity contribution < 1.29 is 9.15 Å². The SMILES string of the molecule is CCOCCc1cnc(CNC2CC2)o1. The van der Waals surface area contributed by atoms with Gasteiger partial charge in [0.15, 0.2) is 0 Å². The number of hydrogen-bond donors (Lipinski definition) is 1. The molecular weight excluding hydrogens is 192 g/mol. The van der Waals surface area contributed by atoms with Crippen LogP contribution in [0.1, 0.15) is 31.4 Å². The average Bonchev–Trinajstić information content (AvgIpc) is 2.97. The summed E-state index contributed by atoms with van der Waals surface area (Å²) < 4.78 is 10.8. The van der Waals surface area contributed by atoms with Gasteiger partial charge in [0.05, 0.1) is 19.3 Å². The van der Waals surface area contributed by atoms with Gasteiger partial charge in [0.25, 0.3) is 0 Å². The number of oxazole rings is 1. The summed E-state index contributed by atoms with van der Waals surface area (Å²) in [6.07, 6.45) is 5.18. The van der Waals surface area contributed by atoms with E-state index in [4.69, 9.17) is 9.15 Å². The summed E-state index contributed by atoms with van der Waals surface area (Å²) in [5, 5.41) is 3.37. The fraction of sp³-hybridized carbons (Fsp3) is 0.727. The Morgan fingerprint density at radius 2 is 2.47 bits per heavy atom. The van der Waals surface area contributed by atoms with Gasteiger partial charge in [-0.2, -0.15) is 0 Å². The molecule has 2 rings (SSSR count). The maximum Gasteiger partial charge on any atom is 0.208 e. The molecule has 0 radical (unpaired) electrons. The highest BCUT2D eigenvalue weighted by molar-refractivity contribution is 4.95. The molecule has 1 saturated carbocycles. The number of nitrogens with one attached hydrogen (secondary N) is 1. The van der Waals surface area contributed by atoms with E-state index in [1.807, 2.05) is 6.92 Å². The number of ether oxygens (including phenoxy) is 1. The molecule has 0 unspecified atom stereocenters. The van der Waals surface area contributed by atoms with E-state index in [0.717, 1.165) is 31.2 Å². The van der Waals surface area contributed by atoms with Crippen molar-refractivity contribution >= 4 is 0 Å². The van der Waals surface area contributed by atoms with Crippen molar-refractivity contribution in [1.82, 2.24) is 10.3 Å². The van der Waals surface area contributed by atoms with E-state index in [-0.39, 0.29) is 0 Å². The molecule has 1 aliphatic rings. The summed E-state index contributed by atoms with van der Waals surface area (Å²) in [4.78, 5) is 4.21. The third-order valence-electron chi connectivity index (χ3n) is 2.42. The largest absolute Gasteiger partial charge is 0.444 e. The third-order valence-corrected chi connectivity index (χ3v) is 2.42. The van der Waals surface area contributed by atoms with Crippen LogP contribution >= 0.6 is 0 Å². The minimum atomic E-state index is 0.698. The summed E-state index contributed by atoms with van der Waals surface area (Å²) in [6, 6.07) is 0.698. The van der Waals surface area contributed by atoms with Crippen LogP contribution < -0.4 is 5.32 Å². The molecular formula is C11H18N2O2. The molecule has 0 amide bonds. The predicted octanol–water partition coefficient (Wildman–Crippen LogP) is 1.51. The molecule has 1 N–H and O–H groups in total. The second-order valence-corrected chi connectivity index (χ2v) is 3.82. The van der Waals surface area contributed by atoms with Gasteiger partial charge in [0, 0.05) is 19.1 Å². The zero-order valence-corrected chi connectivity index (χ0v) is 9.16. The average molecular weight is 210 g/mol. The van der Waals surface area contributed by atoms with E-state index in [2.05, 4.69) is 10.3 Å². The van der Waals surface area contributed by atoms with Crippen molar-refractivity contribution in [2.75, 3.05) is 13.2 Å². The molecule has 84 valence electrons. The number of nitrogens with zero attached hydrogens (tertiary/aromatic N) is 1. The van der Waals surface area contributed by atoms with E-state index in [0.29, 0.717) is 12.6 Å². The first kappa shape index (κ1) is 10.6. The van der Waals surface area contributed by atoms with Crippen molar-refractivity contribution in [3.05, 3.63) is 17.8 Å². The molecule has 1 aliphatic carbocycles. The zero-order chi connectivity index (χ0) is 10.5. The molecule has 1 aromatic rings. The number of hydrogen-bond acceptors (Lipinski definition) is 4. The maximum atomic E-state index is 5.55. The Bertz CT molecular complexity index is 295. The second-order valence-electron chi connectivity index (χ2n) is 3.82. The second kappa shape index (κ2) is 5.28. The quantitative estimate of drug-likeness (QED) is 0.693. The van der Waals surface area contributed by atoms with Crippen LogP contribution in [0.15, 0.2) is 10.6 Å². The molecule has 0 spiro atoms. The van der Waals surface area contributed by atoms with E-state index < -0.39 is 0 Å². The first-order chi connectivity index (χ1) is 7.38. The molecule has 15 heavy (non-hydrogen) atoms. The summed E-state index contributed by atoms with van der Waals surface area (Å²) in [6.45, 7) is 4.20. The molecule has 1 heterocycles. The van der Waals surface area contributed by atoms with Crippen molar-refractivity contribution in [1.29, 1.82) is 0 Å². The molecule has 0 atom stereocenters. The smallest absolute Gasteiger partial charge is 0.208 e. The fourth-order valence-corrected chi connectivity index (χ4v) is 1.38. The van der Waals surface area contributed by atoms with Gasteiger partial charge in [-0.15, -0.1) is 0 Å². The molecule has 0 saturated heterocycles. The number of aromatic nitrogens is 1. The first-order valence-electron chi connectivity index (χ1n) is 5.63. The van der Waals surface area contributed by atoms with Crippen LogP contribution in [0.3, 0.4) is 0 Å². The predicted molar refractivity (Wildman–Crippen MR) is 56.6 cm³/mol. The van der Waals surface area contributed by atoms with Gasteiger partial charge >= 0.3 is 0 Å². The van der Waals surface area contributed by atoms with Crippen LogP contribution in [-0.4, -0.2) is 24.2 Å². The lowest BCUT2D eigenvalue weighted by molar-refractivity contribution is 0.146. The van der Waals surface area contributed by atoms with Gasteiger partial charge < -0.3 is 14.5 Å². The van der Waals surface area contributed by atoms with Crippen molar-refractivity contribution in [2.45, 2.75) is 38.8 Å². The van der Waals surface area contributed by atoms with Crippen LogP contribution in [0, 0.1) is 0 Å². The Morgan fingerprint density at radius 3 is 3.20 bits per heavy atom. The van der Waals surface area contributed by atoms with Crippen LogP contribution in [0.4, 0.5) is 0 Å². The van der Waals surface area contributed by atoms with Crippen molar-refractivity contribution in [2.24, 2.45) is 0 Å². The minimum Gasteiger partial charge on any atom is -0.444 e. The summed E-state index contributed by atoms with van der Waals surface area (Å²) in [5.41, 5.74) is 0. The number of rotatable bonds is 7. The molecule has 1 fully saturated rings. The highest BCUT2D eigenvalue weighted by Crippen LogP contribution is 2.19. The Labute approximate surface area is 90.0 Å². The normalized spacial score (nSPS) is 15.8. The summed E-state index contributed by atoms with van der Waals surface area (Å²) in [7, 11) is 0. The van der Waals surface area contributed by atoms with Crippen molar-refractivity contribution in [3.63, 3.8) is 0 Å². The Balaban J connectivity index is 1.70. The molecule has 1 aromatic heterocycles. The Morgan fingerprint density at radius 1 is 1.60 bits per heavy atom. The molecule has 4 nitrogen and oxygen atoms in total. The van der Waals surface area contributed by atoms with E-state index >= 15 is 0 Å². The minimum absolute atomic E-state index is 0.698. The highest BCUT2D eigenvalue weighted by Gasteiger charge is 2.20. The Kier molecular flexibility index (Phi) is 3.75. The summed E-state index contributed by atoms with van der Waals surface area (Å²) in [5.74, 6) is 1.70. The molecule has 0 aromatic carbocycles. The summed E-state index contributed by atoms with van der Waals surface area (Å²) >= 11 is 0. The maximum absolute atomic E-state index is 5.55. The van der Waals surface area contributed by atoms with Gasteiger partial charge in [-0.05, 0) is 19.8 Å². The van der Waals surface area contributed by atoms with Gasteiger partial charge in [-0.1, -0.05) is 0 Å². The van der Waals surface area contributed by atoms with Gasteiger partial charge in [-0.3, -0.25) is 0 Å².